The molecule has 0 aliphatic carbocycles. The molecule has 1 aliphatic heterocycles. The van der Waals surface area contributed by atoms with Crippen LogP contribution in [0.25, 0.3) is 5.76 Å². The number of furan rings is 1. The fraction of sp³-hybridized carbons (Fsp3) is 0.152. The topological polar surface area (TPSA) is 106 Å². The highest BCUT2D eigenvalue weighted by atomic mass is 35.5. The first-order chi connectivity index (χ1) is 21.3. The van der Waals surface area contributed by atoms with Crippen LogP contribution in [0.4, 0.5) is 5.13 Å². The van der Waals surface area contributed by atoms with Gasteiger partial charge < -0.3 is 14.3 Å². The summed E-state index contributed by atoms with van der Waals surface area (Å²) in [6.07, 6.45) is 0. The Labute approximate surface area is 267 Å². The molecule has 1 fully saturated rings. The third-order valence-electron chi connectivity index (χ3n) is 6.97. The molecular weight excluding hydrogens is 618 g/mol. The fourth-order valence-corrected chi connectivity index (χ4v) is 6.77. The summed E-state index contributed by atoms with van der Waals surface area (Å²) in [6, 6.07) is 24.6. The largest absolute Gasteiger partial charge is 0.507 e. The van der Waals surface area contributed by atoms with Gasteiger partial charge in [0.1, 0.15) is 35.7 Å². The smallest absolute Gasteiger partial charge is 0.302 e. The zero-order valence-electron chi connectivity index (χ0n) is 23.7. The first-order valence-electron chi connectivity index (χ1n) is 13.6. The molecule has 2 aromatic heterocycles. The van der Waals surface area contributed by atoms with E-state index in [1.807, 2.05) is 49.4 Å². The number of aliphatic hydroxyl groups is 1. The summed E-state index contributed by atoms with van der Waals surface area (Å²) in [7, 11) is 0. The summed E-state index contributed by atoms with van der Waals surface area (Å²) in [5.41, 5.74) is 3.49. The Morgan fingerprint density at radius 2 is 1.77 bits per heavy atom. The number of anilines is 1. The number of aromatic nitrogens is 2. The molecule has 11 heteroatoms. The number of aliphatic hydroxyl groups excluding tert-OH is 1. The quantitative estimate of drug-likeness (QED) is 0.0568. The highest BCUT2D eigenvalue weighted by Crippen LogP contribution is 2.44. The van der Waals surface area contributed by atoms with Gasteiger partial charge in [-0.05, 0) is 73.5 Å². The van der Waals surface area contributed by atoms with Crippen molar-refractivity contribution in [3.05, 3.63) is 129 Å². The lowest BCUT2D eigenvalue weighted by Gasteiger charge is -2.20. The second-order valence-electron chi connectivity index (χ2n) is 10.2. The standard InChI is InChI=1S/C33H26ClN3O5S2/c1-19-4-3-5-22(16-19)17-41-25-13-9-23(10-14-25)29(38)27-28(26-15-6-20(2)42-26)37(31(40)30(27)39)32-35-36-33(44-32)43-18-21-7-11-24(34)12-8-21/h3-16,28,38H,17-18H2,1-2H3/b29-27+. The van der Waals surface area contributed by atoms with Crippen molar-refractivity contribution in [3.63, 3.8) is 0 Å². The summed E-state index contributed by atoms with van der Waals surface area (Å²) >= 11 is 8.62. The van der Waals surface area contributed by atoms with E-state index in [2.05, 4.69) is 16.3 Å². The van der Waals surface area contributed by atoms with Gasteiger partial charge in [0.2, 0.25) is 5.13 Å². The number of thioether (sulfide) groups is 1. The minimum absolute atomic E-state index is 0.0941. The van der Waals surface area contributed by atoms with Crippen LogP contribution in [0, 0.1) is 13.8 Å². The van der Waals surface area contributed by atoms with Gasteiger partial charge in [-0.2, -0.15) is 0 Å². The van der Waals surface area contributed by atoms with E-state index in [0.29, 0.717) is 44.6 Å². The molecule has 222 valence electrons. The molecule has 8 nitrogen and oxygen atoms in total. The molecule has 6 rings (SSSR count). The molecule has 3 heterocycles. The van der Waals surface area contributed by atoms with Crippen LogP contribution in [0.2, 0.25) is 5.02 Å². The van der Waals surface area contributed by atoms with Crippen molar-refractivity contribution in [2.45, 2.75) is 36.6 Å². The summed E-state index contributed by atoms with van der Waals surface area (Å²) in [6.45, 7) is 4.17. The Morgan fingerprint density at radius 3 is 2.48 bits per heavy atom. The molecule has 0 saturated carbocycles. The number of hydrogen-bond donors (Lipinski definition) is 1. The number of rotatable bonds is 9. The number of carbonyl (C=O) groups is 2. The van der Waals surface area contributed by atoms with Crippen molar-refractivity contribution < 1.29 is 23.8 Å². The van der Waals surface area contributed by atoms with Gasteiger partial charge in [-0.3, -0.25) is 14.5 Å². The minimum Gasteiger partial charge on any atom is -0.507 e. The van der Waals surface area contributed by atoms with Crippen LogP contribution in [-0.2, 0) is 21.9 Å². The zero-order chi connectivity index (χ0) is 30.8. The summed E-state index contributed by atoms with van der Waals surface area (Å²) < 4.78 is 12.4. The molecule has 1 atom stereocenters. The van der Waals surface area contributed by atoms with Crippen LogP contribution in [-0.4, -0.2) is 27.0 Å². The van der Waals surface area contributed by atoms with Gasteiger partial charge in [0.05, 0.1) is 5.57 Å². The second kappa shape index (κ2) is 12.7. The first kappa shape index (κ1) is 29.7. The lowest BCUT2D eigenvalue weighted by atomic mass is 9.99. The van der Waals surface area contributed by atoms with E-state index in [1.54, 1.807) is 43.3 Å². The first-order valence-corrected chi connectivity index (χ1v) is 15.8. The average Bonchev–Trinajstić information content (AvgIpc) is 3.73. The van der Waals surface area contributed by atoms with Crippen LogP contribution < -0.4 is 9.64 Å². The molecule has 3 aromatic carbocycles. The predicted molar refractivity (Wildman–Crippen MR) is 171 cm³/mol. The normalized spacial score (nSPS) is 16.1. The zero-order valence-corrected chi connectivity index (χ0v) is 26.1. The van der Waals surface area contributed by atoms with E-state index in [9.17, 15) is 14.7 Å². The minimum atomic E-state index is -1.02. The van der Waals surface area contributed by atoms with Crippen molar-refractivity contribution in [2.75, 3.05) is 4.90 Å². The van der Waals surface area contributed by atoms with E-state index in [0.717, 1.165) is 16.7 Å². The van der Waals surface area contributed by atoms with E-state index < -0.39 is 17.7 Å². The Bertz CT molecular complexity index is 1860. The van der Waals surface area contributed by atoms with Crippen LogP contribution >= 0.6 is 34.7 Å². The fourth-order valence-electron chi connectivity index (χ4n) is 4.82. The maximum atomic E-state index is 13.5. The van der Waals surface area contributed by atoms with E-state index in [1.165, 1.54) is 28.0 Å². The maximum Gasteiger partial charge on any atom is 0.302 e. The number of amides is 1. The van der Waals surface area contributed by atoms with E-state index >= 15 is 0 Å². The second-order valence-corrected chi connectivity index (χ2v) is 12.8. The molecule has 1 N–H and O–H groups in total. The number of Topliss-reactive ketones (excluding diaryl/α,β-unsaturated/α-hetero) is 1. The number of ether oxygens (including phenoxy) is 1. The van der Waals surface area contributed by atoms with Gasteiger partial charge >= 0.3 is 5.91 Å². The van der Waals surface area contributed by atoms with Crippen LogP contribution in [0.5, 0.6) is 5.75 Å². The van der Waals surface area contributed by atoms with Crippen LogP contribution in [0.1, 0.15) is 39.8 Å². The number of benzene rings is 3. The summed E-state index contributed by atoms with van der Waals surface area (Å²) in [5.74, 6) is 0.150. The van der Waals surface area contributed by atoms with Crippen molar-refractivity contribution in [1.29, 1.82) is 0 Å². The Morgan fingerprint density at radius 1 is 1.00 bits per heavy atom. The van der Waals surface area contributed by atoms with Gasteiger partial charge in [0.15, 0.2) is 4.34 Å². The SMILES string of the molecule is Cc1cccc(COc2ccc(/C(O)=C3\C(=O)C(=O)N(c4nnc(SCc5ccc(Cl)cc5)s4)C3c3ccc(C)o3)cc2)c1. The van der Waals surface area contributed by atoms with Crippen molar-refractivity contribution in [2.24, 2.45) is 0 Å². The molecule has 1 unspecified atom stereocenters. The molecule has 44 heavy (non-hydrogen) atoms. The van der Waals surface area contributed by atoms with Gasteiger partial charge in [-0.25, -0.2) is 0 Å². The van der Waals surface area contributed by atoms with Crippen molar-refractivity contribution >= 4 is 57.3 Å². The molecule has 5 aromatic rings. The average molecular weight is 644 g/mol. The summed E-state index contributed by atoms with van der Waals surface area (Å²) in [5, 5.41) is 20.8. The van der Waals surface area contributed by atoms with Gasteiger partial charge in [0, 0.05) is 16.3 Å². The Hall–Kier alpha value is -4.38. The highest BCUT2D eigenvalue weighted by molar-refractivity contribution is 8.00. The van der Waals surface area contributed by atoms with E-state index in [4.69, 9.17) is 20.8 Å². The molecule has 1 amide bonds. The molecule has 0 spiro atoms. The Balaban J connectivity index is 1.27. The van der Waals surface area contributed by atoms with E-state index in [-0.39, 0.29) is 16.5 Å². The van der Waals surface area contributed by atoms with Gasteiger partial charge in [0.25, 0.3) is 5.78 Å². The molecule has 1 aliphatic rings. The summed E-state index contributed by atoms with van der Waals surface area (Å²) in [4.78, 5) is 28.2. The molecule has 0 bridgehead atoms. The molecule has 1 saturated heterocycles. The van der Waals surface area contributed by atoms with Crippen molar-refractivity contribution in [3.8, 4) is 5.75 Å². The number of hydrogen-bond acceptors (Lipinski definition) is 9. The van der Waals surface area contributed by atoms with Gasteiger partial charge in [-0.15, -0.1) is 10.2 Å². The van der Waals surface area contributed by atoms with Crippen LogP contribution in [0.15, 0.2) is 99.3 Å². The predicted octanol–water partition coefficient (Wildman–Crippen LogP) is 7.90. The van der Waals surface area contributed by atoms with Crippen molar-refractivity contribution in [1.82, 2.24) is 10.2 Å². The number of halogens is 1. The highest BCUT2D eigenvalue weighted by Gasteiger charge is 2.49. The van der Waals surface area contributed by atoms with Gasteiger partial charge in [-0.1, -0.05) is 76.7 Å². The Kier molecular flexibility index (Phi) is 8.56. The van der Waals surface area contributed by atoms with Crippen LogP contribution in [0.3, 0.4) is 0 Å². The molecule has 0 radical (unpaired) electrons. The molecular formula is C33H26ClN3O5S2. The maximum absolute atomic E-state index is 13.5. The number of aryl methyl sites for hydroxylation is 2. The monoisotopic (exact) mass is 643 g/mol. The third-order valence-corrected chi connectivity index (χ3v) is 9.35. The lowest BCUT2D eigenvalue weighted by molar-refractivity contribution is -0.132. The third kappa shape index (κ3) is 6.28. The number of nitrogens with zero attached hydrogens (tertiary/aromatic N) is 3. The lowest BCUT2D eigenvalue weighted by Crippen LogP contribution is -2.29. The number of ketones is 1. The number of carbonyl (C=O) groups excluding carboxylic acids is 2.